The molecule has 1 fully saturated rings. The van der Waals surface area contributed by atoms with E-state index in [0.717, 1.165) is 25.3 Å². The van der Waals surface area contributed by atoms with Crippen LogP contribution in [-0.2, 0) is 0 Å². The molecule has 1 aromatic rings. The third-order valence-electron chi connectivity index (χ3n) is 3.71. The number of carbonyl (C=O) groups excluding carboxylic acids is 1. The first-order valence-corrected chi connectivity index (χ1v) is 7.11. The Hall–Kier alpha value is -1.40. The van der Waals surface area contributed by atoms with E-state index < -0.39 is 23.8 Å². The molecule has 2 unspecified atom stereocenters. The van der Waals surface area contributed by atoms with Gasteiger partial charge in [-0.05, 0) is 18.9 Å². The van der Waals surface area contributed by atoms with Gasteiger partial charge < -0.3 is 15.3 Å². The lowest BCUT2D eigenvalue weighted by Crippen LogP contribution is -2.37. The summed E-state index contributed by atoms with van der Waals surface area (Å²) in [5, 5.41) is 11.9. The monoisotopic (exact) mass is 318 g/mol. The van der Waals surface area contributed by atoms with Crippen molar-refractivity contribution in [3.8, 4) is 0 Å². The van der Waals surface area contributed by atoms with E-state index in [1.165, 1.54) is 4.90 Å². The second-order valence-electron chi connectivity index (χ2n) is 5.31. The standard InChI is InChI=1S/C14H17ClF2N2O2/c1-19(7-8-3-2-4-12(8)20)14(21)18-13-10(15)5-9(16)6-11(13)17/h5-6,8,12,20H,2-4,7H2,1H3,(H,18,21). The number of hydrogen-bond acceptors (Lipinski definition) is 2. The van der Waals surface area contributed by atoms with Crippen LogP contribution in [0.15, 0.2) is 12.1 Å². The average molecular weight is 319 g/mol. The van der Waals surface area contributed by atoms with Crippen LogP contribution >= 0.6 is 11.6 Å². The van der Waals surface area contributed by atoms with Crippen LogP contribution in [-0.4, -0.2) is 35.7 Å². The van der Waals surface area contributed by atoms with Gasteiger partial charge >= 0.3 is 6.03 Å². The molecule has 2 atom stereocenters. The number of hydrogen-bond donors (Lipinski definition) is 2. The highest BCUT2D eigenvalue weighted by atomic mass is 35.5. The Labute approximate surface area is 126 Å². The SMILES string of the molecule is CN(CC1CCCC1O)C(=O)Nc1c(F)cc(F)cc1Cl. The summed E-state index contributed by atoms with van der Waals surface area (Å²) in [6, 6.07) is 1.03. The minimum atomic E-state index is -0.928. The molecule has 7 heteroatoms. The van der Waals surface area contributed by atoms with E-state index in [4.69, 9.17) is 11.6 Å². The molecule has 0 spiro atoms. The maximum Gasteiger partial charge on any atom is 0.321 e. The Morgan fingerprint density at radius 2 is 2.19 bits per heavy atom. The molecule has 0 bridgehead atoms. The highest BCUT2D eigenvalue weighted by molar-refractivity contribution is 6.33. The van der Waals surface area contributed by atoms with Crippen molar-refractivity contribution in [2.75, 3.05) is 18.9 Å². The van der Waals surface area contributed by atoms with Crippen molar-refractivity contribution in [1.82, 2.24) is 4.90 Å². The number of amides is 2. The fraction of sp³-hybridized carbons (Fsp3) is 0.500. The molecule has 1 aliphatic rings. The Bertz CT molecular complexity index is 519. The molecule has 1 aromatic carbocycles. The number of nitrogens with zero attached hydrogens (tertiary/aromatic N) is 1. The zero-order valence-corrected chi connectivity index (χ0v) is 12.3. The lowest BCUT2D eigenvalue weighted by atomic mass is 10.1. The second-order valence-corrected chi connectivity index (χ2v) is 5.72. The molecule has 1 saturated carbocycles. The van der Waals surface area contributed by atoms with Gasteiger partial charge in [0.1, 0.15) is 5.82 Å². The molecule has 2 rings (SSSR count). The number of halogens is 3. The van der Waals surface area contributed by atoms with Crippen LogP contribution in [0.3, 0.4) is 0 Å². The number of anilines is 1. The summed E-state index contributed by atoms with van der Waals surface area (Å²) >= 11 is 5.72. The first-order chi connectivity index (χ1) is 9.88. The fourth-order valence-corrected chi connectivity index (χ4v) is 2.77. The van der Waals surface area contributed by atoms with Crippen molar-refractivity contribution in [2.24, 2.45) is 5.92 Å². The van der Waals surface area contributed by atoms with Gasteiger partial charge in [0.2, 0.25) is 0 Å². The summed E-state index contributed by atoms with van der Waals surface area (Å²) in [5.41, 5.74) is -0.248. The number of aliphatic hydroxyl groups is 1. The van der Waals surface area contributed by atoms with Crippen LogP contribution in [0.1, 0.15) is 19.3 Å². The maximum atomic E-state index is 13.6. The molecule has 4 nitrogen and oxygen atoms in total. The number of benzene rings is 1. The van der Waals surface area contributed by atoms with Crippen molar-refractivity contribution < 1.29 is 18.7 Å². The lowest BCUT2D eigenvalue weighted by Gasteiger charge is -2.23. The Balaban J connectivity index is 2.01. The minimum absolute atomic E-state index is 0.0225. The van der Waals surface area contributed by atoms with Crippen molar-refractivity contribution in [3.63, 3.8) is 0 Å². The topological polar surface area (TPSA) is 52.6 Å². The van der Waals surface area contributed by atoms with Crippen LogP contribution < -0.4 is 5.32 Å². The molecule has 116 valence electrons. The normalized spacial score (nSPS) is 21.4. The maximum absolute atomic E-state index is 13.6. The fourth-order valence-electron chi connectivity index (χ4n) is 2.53. The molecule has 0 aromatic heterocycles. The molecule has 2 amide bonds. The van der Waals surface area contributed by atoms with Crippen molar-refractivity contribution in [3.05, 3.63) is 28.8 Å². The van der Waals surface area contributed by atoms with E-state index in [-0.39, 0.29) is 16.6 Å². The van der Waals surface area contributed by atoms with Crippen LogP contribution in [0.4, 0.5) is 19.3 Å². The quantitative estimate of drug-likeness (QED) is 0.899. The van der Waals surface area contributed by atoms with E-state index in [2.05, 4.69) is 5.32 Å². The van der Waals surface area contributed by atoms with Gasteiger partial charge in [-0.3, -0.25) is 0 Å². The first kappa shape index (κ1) is 16.0. The summed E-state index contributed by atoms with van der Waals surface area (Å²) < 4.78 is 26.5. The van der Waals surface area contributed by atoms with E-state index in [0.29, 0.717) is 12.6 Å². The molecule has 0 radical (unpaired) electrons. The van der Waals surface area contributed by atoms with E-state index in [1.54, 1.807) is 7.05 Å². The minimum Gasteiger partial charge on any atom is -0.393 e. The molecule has 21 heavy (non-hydrogen) atoms. The zero-order chi connectivity index (χ0) is 15.6. The summed E-state index contributed by atoms with van der Waals surface area (Å²) in [6.07, 6.45) is 2.11. The molecular weight excluding hydrogens is 302 g/mol. The third kappa shape index (κ3) is 3.83. The summed E-state index contributed by atoms with van der Waals surface area (Å²) in [7, 11) is 1.55. The zero-order valence-electron chi connectivity index (χ0n) is 11.6. The van der Waals surface area contributed by atoms with Crippen LogP contribution in [0.5, 0.6) is 0 Å². The van der Waals surface area contributed by atoms with Gasteiger partial charge in [-0.2, -0.15) is 0 Å². The molecule has 2 N–H and O–H groups in total. The van der Waals surface area contributed by atoms with Crippen molar-refractivity contribution >= 4 is 23.3 Å². The average Bonchev–Trinajstić information content (AvgIpc) is 2.79. The number of urea groups is 1. The van der Waals surface area contributed by atoms with E-state index in [1.807, 2.05) is 0 Å². The second kappa shape index (κ2) is 6.58. The molecule has 0 aliphatic heterocycles. The predicted molar refractivity (Wildman–Crippen MR) is 76.4 cm³/mol. The molecule has 0 saturated heterocycles. The Morgan fingerprint density at radius 1 is 1.48 bits per heavy atom. The highest BCUT2D eigenvalue weighted by Gasteiger charge is 2.27. The summed E-state index contributed by atoms with van der Waals surface area (Å²) in [5.74, 6) is -1.71. The van der Waals surface area contributed by atoms with Crippen molar-refractivity contribution in [2.45, 2.75) is 25.4 Å². The third-order valence-corrected chi connectivity index (χ3v) is 4.01. The number of carbonyl (C=O) groups is 1. The highest BCUT2D eigenvalue weighted by Crippen LogP contribution is 2.28. The lowest BCUT2D eigenvalue weighted by molar-refractivity contribution is 0.116. The van der Waals surface area contributed by atoms with E-state index in [9.17, 15) is 18.7 Å². The van der Waals surface area contributed by atoms with Gasteiger partial charge in [0.25, 0.3) is 0 Å². The molecule has 0 heterocycles. The largest absolute Gasteiger partial charge is 0.393 e. The summed E-state index contributed by atoms with van der Waals surface area (Å²) in [6.45, 7) is 0.368. The van der Waals surface area contributed by atoms with Crippen molar-refractivity contribution in [1.29, 1.82) is 0 Å². The molecular formula is C14H17ClF2N2O2. The van der Waals surface area contributed by atoms with Gasteiger partial charge in [-0.15, -0.1) is 0 Å². The van der Waals surface area contributed by atoms with Crippen LogP contribution in [0.25, 0.3) is 0 Å². The van der Waals surface area contributed by atoms with Crippen LogP contribution in [0, 0.1) is 17.6 Å². The summed E-state index contributed by atoms with van der Waals surface area (Å²) in [4.78, 5) is 13.4. The van der Waals surface area contributed by atoms with Gasteiger partial charge in [-0.25, -0.2) is 13.6 Å². The Morgan fingerprint density at radius 3 is 2.76 bits per heavy atom. The first-order valence-electron chi connectivity index (χ1n) is 6.73. The van der Waals surface area contributed by atoms with Gasteiger partial charge in [-0.1, -0.05) is 18.0 Å². The van der Waals surface area contributed by atoms with Gasteiger partial charge in [0, 0.05) is 25.6 Å². The number of nitrogens with one attached hydrogen (secondary N) is 1. The van der Waals surface area contributed by atoms with Gasteiger partial charge in [0.15, 0.2) is 5.82 Å². The van der Waals surface area contributed by atoms with Gasteiger partial charge in [0.05, 0.1) is 16.8 Å². The number of aliphatic hydroxyl groups excluding tert-OH is 1. The van der Waals surface area contributed by atoms with Crippen LogP contribution in [0.2, 0.25) is 5.02 Å². The van der Waals surface area contributed by atoms with E-state index >= 15 is 0 Å². The predicted octanol–water partition coefficient (Wildman–Crippen LogP) is 3.24. The molecule has 1 aliphatic carbocycles. The number of rotatable bonds is 3. The Kier molecular flexibility index (Phi) is 5.00. The smallest absolute Gasteiger partial charge is 0.321 e.